The maximum absolute atomic E-state index is 12.7. The highest BCUT2D eigenvalue weighted by Gasteiger charge is 2.25. The van der Waals surface area contributed by atoms with Crippen molar-refractivity contribution in [1.29, 1.82) is 0 Å². The highest BCUT2D eigenvalue weighted by Crippen LogP contribution is 2.13. The quantitative estimate of drug-likeness (QED) is 0.808. The molecule has 28 heavy (non-hydrogen) atoms. The van der Waals surface area contributed by atoms with Crippen LogP contribution in [0.4, 0.5) is 4.79 Å². The molecule has 8 nitrogen and oxygen atoms in total. The van der Waals surface area contributed by atoms with Crippen LogP contribution in [-0.4, -0.2) is 80.7 Å². The summed E-state index contributed by atoms with van der Waals surface area (Å²) < 4.78 is 1.30. The molecular weight excluding hydrogens is 356 g/mol. The van der Waals surface area contributed by atoms with Crippen LogP contribution >= 0.6 is 0 Å². The average Bonchev–Trinajstić information content (AvgIpc) is 3.25. The summed E-state index contributed by atoms with van der Waals surface area (Å²) >= 11 is 0. The molecule has 2 saturated heterocycles. The largest absolute Gasteiger partial charge is 0.344 e. The molecule has 0 saturated carbocycles. The predicted molar refractivity (Wildman–Crippen MR) is 104 cm³/mol. The third-order valence-electron chi connectivity index (χ3n) is 5.42. The normalized spacial score (nSPS) is 18.3. The summed E-state index contributed by atoms with van der Waals surface area (Å²) in [6.45, 7) is 5.24. The number of carbonyl (C=O) groups is 2. The van der Waals surface area contributed by atoms with Gasteiger partial charge in [0.1, 0.15) is 0 Å². The zero-order valence-electron chi connectivity index (χ0n) is 16.0. The van der Waals surface area contributed by atoms with Gasteiger partial charge in [-0.25, -0.2) is 4.79 Å². The molecule has 2 aliphatic rings. The van der Waals surface area contributed by atoms with E-state index in [2.05, 4.69) is 15.0 Å². The third-order valence-corrected chi connectivity index (χ3v) is 5.42. The summed E-state index contributed by atoms with van der Waals surface area (Å²) in [6, 6.07) is 5.74. The third kappa shape index (κ3) is 4.22. The molecule has 2 aromatic heterocycles. The lowest BCUT2D eigenvalue weighted by Crippen LogP contribution is -2.49. The van der Waals surface area contributed by atoms with E-state index < -0.39 is 0 Å². The van der Waals surface area contributed by atoms with Crippen LogP contribution in [0.2, 0.25) is 0 Å². The van der Waals surface area contributed by atoms with Crippen molar-refractivity contribution in [3.05, 3.63) is 48.0 Å². The van der Waals surface area contributed by atoms with Gasteiger partial charge in [0, 0.05) is 58.2 Å². The number of hydrogen-bond acceptors (Lipinski definition) is 5. The second kappa shape index (κ2) is 8.52. The number of carbonyl (C=O) groups excluding carboxylic acids is 2. The Labute approximate surface area is 164 Å². The van der Waals surface area contributed by atoms with E-state index in [0.717, 1.165) is 51.3 Å². The molecule has 0 aliphatic carbocycles. The monoisotopic (exact) mass is 382 g/mol. The van der Waals surface area contributed by atoms with Crippen molar-refractivity contribution in [3.63, 3.8) is 0 Å². The number of piperazine rings is 1. The standard InChI is InChI=1S/C20H26N6O2/c27-19(24-8-4-1-5-9-24)17-14-22-26(15-17)20(28)25-12-10-23(11-13-25)16-18-6-2-3-7-21-18/h2-3,6-7,14-15H,1,4-5,8-13,16H2. The van der Waals surface area contributed by atoms with Gasteiger partial charge < -0.3 is 9.80 Å². The SMILES string of the molecule is O=C(c1cnn(C(=O)N2CCN(Cc3ccccn3)CC2)c1)N1CCCCC1. The van der Waals surface area contributed by atoms with Gasteiger partial charge in [0.25, 0.3) is 5.91 Å². The van der Waals surface area contributed by atoms with Crippen LogP contribution < -0.4 is 0 Å². The van der Waals surface area contributed by atoms with E-state index >= 15 is 0 Å². The summed E-state index contributed by atoms with van der Waals surface area (Å²) in [7, 11) is 0. The predicted octanol–water partition coefficient (Wildman–Crippen LogP) is 1.69. The summed E-state index contributed by atoms with van der Waals surface area (Å²) in [6.07, 6.45) is 8.14. The van der Waals surface area contributed by atoms with Crippen LogP contribution in [0.3, 0.4) is 0 Å². The summed E-state index contributed by atoms with van der Waals surface area (Å²) in [5.74, 6) is -0.0288. The highest BCUT2D eigenvalue weighted by atomic mass is 16.2. The number of amides is 2. The lowest BCUT2D eigenvalue weighted by molar-refractivity contribution is 0.0724. The number of likely N-dealkylation sites (tertiary alicyclic amines) is 1. The van der Waals surface area contributed by atoms with Gasteiger partial charge in [0.2, 0.25) is 0 Å². The fourth-order valence-corrected chi connectivity index (χ4v) is 3.78. The Morgan fingerprint density at radius 2 is 1.71 bits per heavy atom. The molecule has 0 radical (unpaired) electrons. The Kier molecular flexibility index (Phi) is 5.66. The minimum absolute atomic E-state index is 0.0288. The molecule has 2 amide bonds. The summed E-state index contributed by atoms with van der Waals surface area (Å²) in [5, 5.41) is 4.15. The Hall–Kier alpha value is -2.74. The molecule has 4 heterocycles. The van der Waals surface area contributed by atoms with Crippen molar-refractivity contribution in [2.24, 2.45) is 0 Å². The Bertz CT molecular complexity index is 807. The van der Waals surface area contributed by atoms with Crippen molar-refractivity contribution in [2.75, 3.05) is 39.3 Å². The molecule has 2 fully saturated rings. The van der Waals surface area contributed by atoms with Crippen molar-refractivity contribution >= 4 is 11.9 Å². The zero-order valence-corrected chi connectivity index (χ0v) is 16.0. The average molecular weight is 382 g/mol. The van der Waals surface area contributed by atoms with E-state index in [-0.39, 0.29) is 11.9 Å². The number of rotatable bonds is 3. The van der Waals surface area contributed by atoms with Crippen LogP contribution in [0.25, 0.3) is 0 Å². The molecule has 0 bridgehead atoms. The highest BCUT2D eigenvalue weighted by molar-refractivity contribution is 5.94. The van der Waals surface area contributed by atoms with Gasteiger partial charge >= 0.3 is 6.03 Å². The molecule has 0 spiro atoms. The molecule has 0 atom stereocenters. The molecule has 0 N–H and O–H groups in total. The maximum Gasteiger partial charge on any atom is 0.344 e. The molecule has 2 aromatic rings. The number of nitrogens with zero attached hydrogens (tertiary/aromatic N) is 6. The van der Waals surface area contributed by atoms with Crippen molar-refractivity contribution in [3.8, 4) is 0 Å². The minimum atomic E-state index is -0.171. The molecule has 4 rings (SSSR count). The Balaban J connectivity index is 1.32. The molecule has 8 heteroatoms. The first-order chi connectivity index (χ1) is 13.7. The molecular formula is C20H26N6O2. The number of hydrogen-bond donors (Lipinski definition) is 0. The summed E-state index contributed by atoms with van der Waals surface area (Å²) in [4.78, 5) is 35.6. The van der Waals surface area contributed by atoms with Gasteiger partial charge in [-0.05, 0) is 31.4 Å². The van der Waals surface area contributed by atoms with Crippen molar-refractivity contribution < 1.29 is 9.59 Å². The van der Waals surface area contributed by atoms with Crippen LogP contribution in [0, 0.1) is 0 Å². The second-order valence-corrected chi connectivity index (χ2v) is 7.39. The Morgan fingerprint density at radius 1 is 0.929 bits per heavy atom. The van der Waals surface area contributed by atoms with Crippen molar-refractivity contribution in [1.82, 2.24) is 29.5 Å². The molecule has 0 aromatic carbocycles. The first-order valence-corrected chi connectivity index (χ1v) is 9.96. The zero-order chi connectivity index (χ0) is 19.3. The first kappa shape index (κ1) is 18.6. The fraction of sp³-hybridized carbons (Fsp3) is 0.500. The smallest absolute Gasteiger partial charge is 0.339 e. The second-order valence-electron chi connectivity index (χ2n) is 7.39. The van der Waals surface area contributed by atoms with Crippen molar-refractivity contribution in [2.45, 2.75) is 25.8 Å². The van der Waals surface area contributed by atoms with E-state index in [4.69, 9.17) is 0 Å². The maximum atomic E-state index is 12.7. The Morgan fingerprint density at radius 3 is 2.43 bits per heavy atom. The van der Waals surface area contributed by atoms with Gasteiger partial charge in [0.05, 0.1) is 17.5 Å². The first-order valence-electron chi connectivity index (χ1n) is 9.96. The lowest BCUT2D eigenvalue weighted by atomic mass is 10.1. The van der Waals surface area contributed by atoms with Gasteiger partial charge in [-0.2, -0.15) is 9.78 Å². The van der Waals surface area contributed by atoms with Crippen LogP contribution in [0.15, 0.2) is 36.8 Å². The van der Waals surface area contributed by atoms with Crippen LogP contribution in [0.5, 0.6) is 0 Å². The minimum Gasteiger partial charge on any atom is -0.339 e. The van der Waals surface area contributed by atoms with Gasteiger partial charge in [-0.3, -0.25) is 14.7 Å². The van der Waals surface area contributed by atoms with E-state index in [1.54, 1.807) is 17.3 Å². The van der Waals surface area contributed by atoms with E-state index in [1.165, 1.54) is 17.3 Å². The number of piperidine rings is 1. The molecule has 148 valence electrons. The summed E-state index contributed by atoms with van der Waals surface area (Å²) in [5.41, 5.74) is 1.53. The van der Waals surface area contributed by atoms with E-state index in [9.17, 15) is 9.59 Å². The van der Waals surface area contributed by atoms with E-state index in [0.29, 0.717) is 18.7 Å². The number of aromatic nitrogens is 3. The fourth-order valence-electron chi connectivity index (χ4n) is 3.78. The van der Waals surface area contributed by atoms with E-state index in [1.807, 2.05) is 23.1 Å². The van der Waals surface area contributed by atoms with Crippen LogP contribution in [0.1, 0.15) is 35.3 Å². The lowest BCUT2D eigenvalue weighted by Gasteiger charge is -2.34. The topological polar surface area (TPSA) is 74.6 Å². The molecule has 0 unspecified atom stereocenters. The van der Waals surface area contributed by atoms with Gasteiger partial charge in [-0.15, -0.1) is 0 Å². The molecule has 2 aliphatic heterocycles. The van der Waals surface area contributed by atoms with Crippen LogP contribution in [-0.2, 0) is 6.54 Å². The van der Waals surface area contributed by atoms with Gasteiger partial charge in [0.15, 0.2) is 0 Å². The number of pyridine rings is 1. The van der Waals surface area contributed by atoms with Gasteiger partial charge in [-0.1, -0.05) is 6.07 Å².